The topological polar surface area (TPSA) is 46.3 Å². The number of carbonyl (C=O) groups excluding carboxylic acids is 1. The SMILES string of the molecule is Nc1cc(CCN2CCCCC2=O)ccc1F. The highest BCUT2D eigenvalue weighted by molar-refractivity contribution is 5.76. The molecular formula is C13H17FN2O. The summed E-state index contributed by atoms with van der Waals surface area (Å²) in [5.41, 5.74) is 6.65. The van der Waals surface area contributed by atoms with Crippen LogP contribution in [0, 0.1) is 5.82 Å². The van der Waals surface area contributed by atoms with Gasteiger partial charge in [-0.2, -0.15) is 0 Å². The van der Waals surface area contributed by atoms with Crippen LogP contribution in [-0.2, 0) is 11.2 Å². The number of rotatable bonds is 3. The number of nitrogens with two attached hydrogens (primary N) is 1. The number of benzene rings is 1. The molecule has 1 aromatic rings. The van der Waals surface area contributed by atoms with Crippen molar-refractivity contribution in [3.8, 4) is 0 Å². The highest BCUT2D eigenvalue weighted by Crippen LogP contribution is 2.15. The first-order valence-corrected chi connectivity index (χ1v) is 5.98. The average Bonchev–Trinajstić information content (AvgIpc) is 2.32. The molecular weight excluding hydrogens is 219 g/mol. The normalized spacial score (nSPS) is 16.3. The van der Waals surface area contributed by atoms with Crippen molar-refractivity contribution in [1.29, 1.82) is 0 Å². The summed E-state index contributed by atoms with van der Waals surface area (Å²) in [6.07, 6.45) is 3.47. The molecule has 4 heteroatoms. The minimum absolute atomic E-state index is 0.174. The van der Waals surface area contributed by atoms with E-state index in [0.717, 1.165) is 31.4 Å². The van der Waals surface area contributed by atoms with Crippen molar-refractivity contribution in [2.75, 3.05) is 18.8 Å². The molecule has 1 fully saturated rings. The van der Waals surface area contributed by atoms with Gasteiger partial charge in [0.15, 0.2) is 0 Å². The number of nitrogens with zero attached hydrogens (tertiary/aromatic N) is 1. The summed E-state index contributed by atoms with van der Waals surface area (Å²) in [5.74, 6) is -0.158. The predicted molar refractivity (Wildman–Crippen MR) is 64.9 cm³/mol. The van der Waals surface area contributed by atoms with Crippen molar-refractivity contribution in [1.82, 2.24) is 4.90 Å². The highest BCUT2D eigenvalue weighted by Gasteiger charge is 2.17. The Bertz CT molecular complexity index is 420. The number of hydrogen-bond donors (Lipinski definition) is 1. The second-order valence-electron chi connectivity index (χ2n) is 4.44. The maximum Gasteiger partial charge on any atom is 0.222 e. The van der Waals surface area contributed by atoms with Crippen LogP contribution >= 0.6 is 0 Å². The van der Waals surface area contributed by atoms with Gasteiger partial charge in [-0.05, 0) is 37.0 Å². The van der Waals surface area contributed by atoms with Crippen molar-refractivity contribution >= 4 is 11.6 Å². The number of amides is 1. The monoisotopic (exact) mass is 236 g/mol. The zero-order valence-corrected chi connectivity index (χ0v) is 9.79. The van der Waals surface area contributed by atoms with E-state index in [1.165, 1.54) is 6.07 Å². The van der Waals surface area contributed by atoms with Crippen LogP contribution in [0.1, 0.15) is 24.8 Å². The van der Waals surface area contributed by atoms with Crippen LogP contribution in [0.3, 0.4) is 0 Å². The number of halogens is 1. The predicted octanol–water partition coefficient (Wildman–Crippen LogP) is 1.96. The molecule has 92 valence electrons. The summed E-state index contributed by atoms with van der Waals surface area (Å²) in [5, 5.41) is 0. The second-order valence-corrected chi connectivity index (χ2v) is 4.44. The molecule has 0 radical (unpaired) electrons. The third-order valence-electron chi connectivity index (χ3n) is 3.15. The largest absolute Gasteiger partial charge is 0.396 e. The first-order chi connectivity index (χ1) is 8.16. The lowest BCUT2D eigenvalue weighted by Gasteiger charge is -2.26. The Kier molecular flexibility index (Phi) is 3.61. The molecule has 0 aliphatic carbocycles. The Hall–Kier alpha value is -1.58. The van der Waals surface area contributed by atoms with Gasteiger partial charge in [0, 0.05) is 19.5 Å². The van der Waals surface area contributed by atoms with Gasteiger partial charge in [-0.1, -0.05) is 6.07 Å². The molecule has 17 heavy (non-hydrogen) atoms. The van der Waals surface area contributed by atoms with Crippen molar-refractivity contribution < 1.29 is 9.18 Å². The summed E-state index contributed by atoms with van der Waals surface area (Å²) in [6.45, 7) is 1.54. The molecule has 3 nitrogen and oxygen atoms in total. The lowest BCUT2D eigenvalue weighted by Crippen LogP contribution is -2.36. The summed E-state index contributed by atoms with van der Waals surface area (Å²) >= 11 is 0. The van der Waals surface area contributed by atoms with Crippen molar-refractivity contribution in [2.45, 2.75) is 25.7 Å². The molecule has 2 rings (SSSR count). The molecule has 1 aromatic carbocycles. The van der Waals surface area contributed by atoms with Gasteiger partial charge >= 0.3 is 0 Å². The van der Waals surface area contributed by atoms with E-state index in [0.29, 0.717) is 13.0 Å². The number of nitrogen functional groups attached to an aromatic ring is 1. The maximum atomic E-state index is 13.0. The van der Waals surface area contributed by atoms with Crippen molar-refractivity contribution in [3.05, 3.63) is 29.6 Å². The highest BCUT2D eigenvalue weighted by atomic mass is 19.1. The van der Waals surface area contributed by atoms with E-state index in [4.69, 9.17) is 5.73 Å². The lowest BCUT2D eigenvalue weighted by atomic mass is 10.1. The molecule has 1 saturated heterocycles. The van der Waals surface area contributed by atoms with E-state index in [1.54, 1.807) is 12.1 Å². The van der Waals surface area contributed by atoms with E-state index >= 15 is 0 Å². The molecule has 2 N–H and O–H groups in total. The van der Waals surface area contributed by atoms with E-state index in [2.05, 4.69) is 0 Å². The summed E-state index contributed by atoms with van der Waals surface area (Å²) < 4.78 is 13.0. The molecule has 0 saturated carbocycles. The zero-order valence-electron chi connectivity index (χ0n) is 9.79. The van der Waals surface area contributed by atoms with Crippen molar-refractivity contribution in [2.24, 2.45) is 0 Å². The number of anilines is 1. The quantitative estimate of drug-likeness (QED) is 0.815. The van der Waals surface area contributed by atoms with E-state index in [9.17, 15) is 9.18 Å². The van der Waals surface area contributed by atoms with Gasteiger partial charge in [0.25, 0.3) is 0 Å². The van der Waals surface area contributed by atoms with Gasteiger partial charge in [0.05, 0.1) is 5.69 Å². The second kappa shape index (κ2) is 5.17. The maximum absolute atomic E-state index is 13.0. The van der Waals surface area contributed by atoms with E-state index < -0.39 is 0 Å². The van der Waals surface area contributed by atoms with Crippen LogP contribution < -0.4 is 5.73 Å². The molecule has 0 aromatic heterocycles. The average molecular weight is 236 g/mol. The molecule has 1 amide bonds. The zero-order chi connectivity index (χ0) is 12.3. The van der Waals surface area contributed by atoms with Crippen LogP contribution in [0.4, 0.5) is 10.1 Å². The van der Waals surface area contributed by atoms with E-state index in [1.807, 2.05) is 4.90 Å². The van der Waals surface area contributed by atoms with Gasteiger partial charge in [-0.25, -0.2) is 4.39 Å². The molecule has 0 atom stereocenters. The van der Waals surface area contributed by atoms with Gasteiger partial charge in [-0.15, -0.1) is 0 Å². The van der Waals surface area contributed by atoms with Gasteiger partial charge in [0.2, 0.25) is 5.91 Å². The lowest BCUT2D eigenvalue weighted by molar-refractivity contribution is -0.133. The Morgan fingerprint density at radius 1 is 1.35 bits per heavy atom. The number of piperidine rings is 1. The molecule has 1 aliphatic heterocycles. The number of likely N-dealkylation sites (tertiary alicyclic amines) is 1. The van der Waals surface area contributed by atoms with Gasteiger partial charge in [-0.3, -0.25) is 4.79 Å². The summed E-state index contributed by atoms with van der Waals surface area (Å²) in [4.78, 5) is 13.5. The molecule has 1 heterocycles. The van der Waals surface area contributed by atoms with Crippen LogP contribution in [0.15, 0.2) is 18.2 Å². The fourth-order valence-corrected chi connectivity index (χ4v) is 2.11. The minimum Gasteiger partial charge on any atom is -0.396 e. The standard InChI is InChI=1S/C13H17FN2O/c14-11-5-4-10(9-12(11)15)6-8-16-7-2-1-3-13(16)17/h4-5,9H,1-3,6-8,15H2. The Balaban J connectivity index is 1.92. The smallest absolute Gasteiger partial charge is 0.222 e. The first-order valence-electron chi connectivity index (χ1n) is 5.98. The Labute approximate surface area is 100 Å². The van der Waals surface area contributed by atoms with E-state index in [-0.39, 0.29) is 17.4 Å². The Morgan fingerprint density at radius 3 is 2.88 bits per heavy atom. The number of carbonyl (C=O) groups is 1. The van der Waals surface area contributed by atoms with Crippen LogP contribution in [0.2, 0.25) is 0 Å². The van der Waals surface area contributed by atoms with Gasteiger partial charge < -0.3 is 10.6 Å². The fraction of sp³-hybridized carbons (Fsp3) is 0.462. The molecule has 0 bridgehead atoms. The molecule has 1 aliphatic rings. The summed E-state index contributed by atoms with van der Waals surface area (Å²) in [6, 6.07) is 4.74. The fourth-order valence-electron chi connectivity index (χ4n) is 2.11. The summed E-state index contributed by atoms with van der Waals surface area (Å²) in [7, 11) is 0. The third kappa shape index (κ3) is 2.96. The van der Waals surface area contributed by atoms with Crippen LogP contribution in [0.5, 0.6) is 0 Å². The number of hydrogen-bond acceptors (Lipinski definition) is 2. The molecule has 0 unspecified atom stereocenters. The van der Waals surface area contributed by atoms with Crippen molar-refractivity contribution in [3.63, 3.8) is 0 Å². The first kappa shape index (κ1) is 11.9. The minimum atomic E-state index is -0.386. The third-order valence-corrected chi connectivity index (χ3v) is 3.15. The molecule has 0 spiro atoms. The Morgan fingerprint density at radius 2 is 2.18 bits per heavy atom. The van der Waals surface area contributed by atoms with Gasteiger partial charge in [0.1, 0.15) is 5.82 Å². The van der Waals surface area contributed by atoms with Crippen LogP contribution in [0.25, 0.3) is 0 Å². The van der Waals surface area contributed by atoms with Crippen LogP contribution in [-0.4, -0.2) is 23.9 Å².